The van der Waals surface area contributed by atoms with Gasteiger partial charge >= 0.3 is 0 Å². The molecule has 0 amide bonds. The van der Waals surface area contributed by atoms with E-state index in [1.165, 1.54) is 6.20 Å². The third kappa shape index (κ3) is 4.65. The molecule has 0 aliphatic rings. The number of methoxy groups -OCH3 is 3. The summed E-state index contributed by atoms with van der Waals surface area (Å²) in [7, 11) is 4.87. The van der Waals surface area contributed by atoms with Crippen LogP contribution in [0, 0.1) is 0 Å². The van der Waals surface area contributed by atoms with Crippen LogP contribution in [0.2, 0.25) is 0 Å². The summed E-state index contributed by atoms with van der Waals surface area (Å²) in [4.78, 5) is 6.51. The Hall–Kier alpha value is -3.41. The van der Waals surface area contributed by atoms with Gasteiger partial charge in [-0.1, -0.05) is 24.3 Å². The smallest absolute Gasteiger partial charge is 0.172 e. The number of benzene rings is 2. The molecule has 3 aromatic rings. The zero-order valence-electron chi connectivity index (χ0n) is 16.3. The first kappa shape index (κ1) is 19.4. The molecule has 0 spiro atoms. The number of hydrogen-bond acceptors (Lipinski definition) is 6. The summed E-state index contributed by atoms with van der Waals surface area (Å²) in [5.74, 6) is 2.86. The van der Waals surface area contributed by atoms with Crippen LogP contribution in [-0.4, -0.2) is 31.4 Å². The minimum atomic E-state index is 0.0643. The summed E-state index contributed by atoms with van der Waals surface area (Å²) >= 11 is 0. The molecule has 0 bridgehead atoms. The van der Waals surface area contributed by atoms with E-state index in [-0.39, 0.29) is 5.75 Å². The normalized spacial score (nSPS) is 10.4. The van der Waals surface area contributed by atoms with Gasteiger partial charge in [0.15, 0.2) is 11.6 Å². The van der Waals surface area contributed by atoms with Gasteiger partial charge in [-0.25, -0.2) is 4.98 Å². The number of hydrogen-bond donors (Lipinski definition) is 1. The van der Waals surface area contributed by atoms with E-state index in [4.69, 9.17) is 14.2 Å². The first-order chi connectivity index (χ1) is 13.6. The second kappa shape index (κ2) is 8.99. The van der Waals surface area contributed by atoms with E-state index in [2.05, 4.69) is 9.88 Å². The van der Waals surface area contributed by atoms with Crippen molar-refractivity contribution < 1.29 is 19.3 Å². The fraction of sp³-hybridized carbons (Fsp3) is 0.227. The second-order valence-electron chi connectivity index (χ2n) is 6.27. The molecule has 0 aliphatic heterocycles. The fourth-order valence-corrected chi connectivity index (χ4v) is 2.92. The Labute approximate surface area is 164 Å². The molecule has 1 aromatic heterocycles. The molecule has 146 valence electrons. The van der Waals surface area contributed by atoms with Crippen molar-refractivity contribution in [3.8, 4) is 23.0 Å². The van der Waals surface area contributed by atoms with E-state index in [0.717, 1.165) is 22.6 Å². The van der Waals surface area contributed by atoms with Gasteiger partial charge in [0, 0.05) is 19.2 Å². The third-order valence-corrected chi connectivity index (χ3v) is 4.40. The van der Waals surface area contributed by atoms with Gasteiger partial charge in [0.25, 0.3) is 0 Å². The van der Waals surface area contributed by atoms with Gasteiger partial charge in [0.05, 0.1) is 27.5 Å². The average molecular weight is 380 g/mol. The van der Waals surface area contributed by atoms with Crippen LogP contribution in [-0.2, 0) is 13.1 Å². The summed E-state index contributed by atoms with van der Waals surface area (Å²) < 4.78 is 15.9. The predicted octanol–water partition coefficient (Wildman–Crippen LogP) is 4.02. The minimum Gasteiger partial charge on any atom is -0.506 e. The highest BCUT2D eigenvalue weighted by Crippen LogP contribution is 2.31. The van der Waals surface area contributed by atoms with E-state index in [1.807, 2.05) is 48.5 Å². The van der Waals surface area contributed by atoms with Gasteiger partial charge in [-0.3, -0.25) is 0 Å². The lowest BCUT2D eigenvalue weighted by Crippen LogP contribution is -2.23. The van der Waals surface area contributed by atoms with Crippen molar-refractivity contribution in [2.75, 3.05) is 26.2 Å². The summed E-state index contributed by atoms with van der Waals surface area (Å²) in [5, 5.41) is 9.76. The Morgan fingerprint density at radius 3 is 1.71 bits per heavy atom. The third-order valence-electron chi connectivity index (χ3n) is 4.40. The zero-order chi connectivity index (χ0) is 19.9. The molecule has 28 heavy (non-hydrogen) atoms. The summed E-state index contributed by atoms with van der Waals surface area (Å²) in [6.07, 6.45) is 1.42. The highest BCUT2D eigenvalue weighted by atomic mass is 16.5. The maximum Gasteiger partial charge on any atom is 0.172 e. The molecule has 0 saturated carbocycles. The topological polar surface area (TPSA) is 64.1 Å². The second-order valence-corrected chi connectivity index (χ2v) is 6.27. The molecular formula is C22H24N2O4. The van der Waals surface area contributed by atoms with E-state index in [1.54, 1.807) is 27.4 Å². The molecule has 0 atom stereocenters. The Bertz CT molecular complexity index is 846. The molecule has 6 nitrogen and oxygen atoms in total. The standard InChI is InChI=1S/C22H24N2O4/c1-26-19-8-4-16(5-9-19)14-24(15-17-6-10-20(27-2)11-7-17)22-21(28-3)12-18(25)13-23-22/h4-13,25H,14-15H2,1-3H3. The van der Waals surface area contributed by atoms with Crippen LogP contribution in [0.5, 0.6) is 23.0 Å². The summed E-state index contributed by atoms with van der Waals surface area (Å²) in [6.45, 7) is 1.23. The SMILES string of the molecule is COc1ccc(CN(Cc2ccc(OC)cc2)c2ncc(O)cc2OC)cc1. The van der Waals surface area contributed by atoms with Crippen molar-refractivity contribution in [3.05, 3.63) is 71.9 Å². The van der Waals surface area contributed by atoms with Crippen molar-refractivity contribution in [2.45, 2.75) is 13.1 Å². The van der Waals surface area contributed by atoms with E-state index in [9.17, 15) is 5.11 Å². The highest BCUT2D eigenvalue weighted by molar-refractivity contribution is 5.55. The molecule has 1 N–H and O–H groups in total. The van der Waals surface area contributed by atoms with E-state index >= 15 is 0 Å². The maximum absolute atomic E-state index is 9.76. The molecule has 6 heteroatoms. The molecule has 1 heterocycles. The molecular weight excluding hydrogens is 356 g/mol. The Kier molecular flexibility index (Phi) is 6.22. The minimum absolute atomic E-state index is 0.0643. The van der Waals surface area contributed by atoms with Crippen molar-refractivity contribution in [1.82, 2.24) is 4.98 Å². The first-order valence-corrected chi connectivity index (χ1v) is 8.86. The van der Waals surface area contributed by atoms with Crippen LogP contribution >= 0.6 is 0 Å². The number of nitrogens with zero attached hydrogens (tertiary/aromatic N) is 2. The Morgan fingerprint density at radius 1 is 0.786 bits per heavy atom. The lowest BCUT2D eigenvalue weighted by Gasteiger charge is -2.26. The molecule has 2 aromatic carbocycles. The summed E-state index contributed by atoms with van der Waals surface area (Å²) in [5.41, 5.74) is 2.21. The number of anilines is 1. The zero-order valence-corrected chi connectivity index (χ0v) is 16.3. The summed E-state index contributed by atoms with van der Waals surface area (Å²) in [6, 6.07) is 17.4. The lowest BCUT2D eigenvalue weighted by atomic mass is 10.1. The molecule has 0 saturated heterocycles. The molecule has 0 aliphatic carbocycles. The number of pyridine rings is 1. The molecule has 3 rings (SSSR count). The number of ether oxygens (including phenoxy) is 3. The van der Waals surface area contributed by atoms with Crippen LogP contribution < -0.4 is 19.1 Å². The van der Waals surface area contributed by atoms with Gasteiger partial charge in [0.1, 0.15) is 17.2 Å². The average Bonchev–Trinajstić information content (AvgIpc) is 2.74. The van der Waals surface area contributed by atoms with Crippen molar-refractivity contribution in [3.63, 3.8) is 0 Å². The Balaban J connectivity index is 1.92. The van der Waals surface area contributed by atoms with Crippen LogP contribution in [0.15, 0.2) is 60.8 Å². The van der Waals surface area contributed by atoms with Gasteiger partial charge in [-0.15, -0.1) is 0 Å². The van der Waals surface area contributed by atoms with Crippen molar-refractivity contribution in [2.24, 2.45) is 0 Å². The van der Waals surface area contributed by atoms with E-state index < -0.39 is 0 Å². The number of rotatable bonds is 8. The molecule has 0 fully saturated rings. The monoisotopic (exact) mass is 380 g/mol. The largest absolute Gasteiger partial charge is 0.506 e. The quantitative estimate of drug-likeness (QED) is 0.637. The van der Waals surface area contributed by atoms with Crippen LogP contribution in [0.3, 0.4) is 0 Å². The van der Waals surface area contributed by atoms with Gasteiger partial charge in [-0.05, 0) is 35.4 Å². The number of aromatic nitrogens is 1. The number of aromatic hydroxyl groups is 1. The highest BCUT2D eigenvalue weighted by Gasteiger charge is 2.16. The first-order valence-electron chi connectivity index (χ1n) is 8.86. The van der Waals surface area contributed by atoms with Crippen LogP contribution in [0.4, 0.5) is 5.82 Å². The Morgan fingerprint density at radius 2 is 1.29 bits per heavy atom. The van der Waals surface area contributed by atoms with Crippen LogP contribution in [0.25, 0.3) is 0 Å². The van der Waals surface area contributed by atoms with E-state index in [0.29, 0.717) is 24.7 Å². The fourth-order valence-electron chi connectivity index (χ4n) is 2.92. The van der Waals surface area contributed by atoms with Gasteiger partial charge in [0.2, 0.25) is 0 Å². The predicted molar refractivity (Wildman–Crippen MR) is 108 cm³/mol. The molecule has 0 unspecified atom stereocenters. The molecule has 0 radical (unpaired) electrons. The maximum atomic E-state index is 9.76. The lowest BCUT2D eigenvalue weighted by molar-refractivity contribution is 0.403. The van der Waals surface area contributed by atoms with Gasteiger partial charge in [-0.2, -0.15) is 0 Å². The van der Waals surface area contributed by atoms with Crippen LogP contribution in [0.1, 0.15) is 11.1 Å². The van der Waals surface area contributed by atoms with Crippen molar-refractivity contribution in [1.29, 1.82) is 0 Å². The van der Waals surface area contributed by atoms with Gasteiger partial charge < -0.3 is 24.2 Å². The van der Waals surface area contributed by atoms with Crippen molar-refractivity contribution >= 4 is 5.82 Å².